The van der Waals surface area contributed by atoms with Gasteiger partial charge in [-0.1, -0.05) is 12.5 Å². The maximum absolute atomic E-state index is 5.57. The zero-order valence-corrected chi connectivity index (χ0v) is 16.0. The summed E-state index contributed by atoms with van der Waals surface area (Å²) in [5.41, 5.74) is 1.46. The molecule has 0 aromatic carbocycles. The van der Waals surface area contributed by atoms with Gasteiger partial charge in [0.2, 0.25) is 5.88 Å². The summed E-state index contributed by atoms with van der Waals surface area (Å²) in [4.78, 5) is 8.65. The van der Waals surface area contributed by atoms with Crippen LogP contribution >= 0.6 is 0 Å². The molecule has 0 saturated heterocycles. The van der Waals surface area contributed by atoms with Crippen LogP contribution in [0.25, 0.3) is 0 Å². The zero-order chi connectivity index (χ0) is 18.1. The average Bonchev–Trinajstić information content (AvgIpc) is 2.57. The number of nitrogens with one attached hydrogen (secondary N) is 2. The first kappa shape index (κ1) is 19.5. The molecule has 0 amide bonds. The summed E-state index contributed by atoms with van der Waals surface area (Å²) in [5.74, 6) is 1.48. The van der Waals surface area contributed by atoms with Crippen LogP contribution in [0, 0.1) is 5.41 Å². The topological polar surface area (TPSA) is 67.8 Å². The summed E-state index contributed by atoms with van der Waals surface area (Å²) in [6.07, 6.45) is 6.92. The molecule has 1 aromatic heterocycles. The average molecular weight is 348 g/mol. The molecule has 140 valence electrons. The van der Waals surface area contributed by atoms with Crippen molar-refractivity contribution in [3.63, 3.8) is 0 Å². The number of ether oxygens (including phenoxy) is 2. The molecule has 1 aliphatic carbocycles. The van der Waals surface area contributed by atoms with Crippen LogP contribution in [-0.4, -0.2) is 44.4 Å². The van der Waals surface area contributed by atoms with Crippen LogP contribution in [0.15, 0.2) is 23.3 Å². The molecule has 0 unspecified atom stereocenters. The first-order valence-corrected chi connectivity index (χ1v) is 9.12. The molecule has 6 heteroatoms. The molecule has 0 radical (unpaired) electrons. The lowest BCUT2D eigenvalue weighted by atomic mass is 9.67. The van der Waals surface area contributed by atoms with E-state index in [-0.39, 0.29) is 6.10 Å². The minimum Gasteiger partial charge on any atom is -0.475 e. The lowest BCUT2D eigenvalue weighted by Crippen LogP contribution is -2.46. The molecule has 1 saturated carbocycles. The van der Waals surface area contributed by atoms with Gasteiger partial charge in [-0.15, -0.1) is 0 Å². The Balaban J connectivity index is 1.78. The number of rotatable bonds is 9. The molecule has 0 atom stereocenters. The Hall–Kier alpha value is -1.82. The van der Waals surface area contributed by atoms with Gasteiger partial charge >= 0.3 is 0 Å². The van der Waals surface area contributed by atoms with E-state index in [4.69, 9.17) is 9.47 Å². The van der Waals surface area contributed by atoms with Gasteiger partial charge in [0.25, 0.3) is 0 Å². The van der Waals surface area contributed by atoms with E-state index >= 15 is 0 Å². The Labute approximate surface area is 151 Å². The quantitative estimate of drug-likeness (QED) is 0.530. The Morgan fingerprint density at radius 2 is 2.12 bits per heavy atom. The van der Waals surface area contributed by atoms with Crippen LogP contribution in [-0.2, 0) is 11.3 Å². The molecule has 0 aliphatic heterocycles. The van der Waals surface area contributed by atoms with Gasteiger partial charge in [0.1, 0.15) is 0 Å². The third-order valence-electron chi connectivity index (χ3n) is 4.72. The first-order chi connectivity index (χ1) is 12.1. The number of hydrogen-bond acceptors (Lipinski definition) is 4. The van der Waals surface area contributed by atoms with Crippen molar-refractivity contribution in [2.24, 2.45) is 10.4 Å². The molecule has 0 spiro atoms. The molecule has 1 heterocycles. The summed E-state index contributed by atoms with van der Waals surface area (Å²) in [6.45, 7) is 6.43. The van der Waals surface area contributed by atoms with Crippen LogP contribution < -0.4 is 15.4 Å². The van der Waals surface area contributed by atoms with E-state index in [0.717, 1.165) is 31.1 Å². The second kappa shape index (κ2) is 9.61. The first-order valence-electron chi connectivity index (χ1n) is 9.12. The third kappa shape index (κ3) is 6.20. The number of nitrogens with zero attached hydrogens (tertiary/aromatic N) is 2. The molecular weight excluding hydrogens is 316 g/mol. The van der Waals surface area contributed by atoms with Gasteiger partial charge in [0.15, 0.2) is 5.96 Å². The lowest BCUT2D eigenvalue weighted by molar-refractivity contribution is 0.0732. The Morgan fingerprint density at radius 3 is 2.64 bits per heavy atom. The summed E-state index contributed by atoms with van der Waals surface area (Å²) < 4.78 is 10.8. The fourth-order valence-electron chi connectivity index (χ4n) is 3.01. The molecular formula is C19H32N4O2. The number of guanidine groups is 1. The summed E-state index contributed by atoms with van der Waals surface area (Å²) >= 11 is 0. The molecule has 1 aliphatic rings. The molecule has 1 fully saturated rings. The van der Waals surface area contributed by atoms with E-state index in [2.05, 4.69) is 20.6 Å². The zero-order valence-electron chi connectivity index (χ0n) is 16.0. The van der Waals surface area contributed by atoms with Crippen LogP contribution in [0.2, 0.25) is 0 Å². The van der Waals surface area contributed by atoms with Gasteiger partial charge in [-0.2, -0.15) is 0 Å². The summed E-state index contributed by atoms with van der Waals surface area (Å²) in [6, 6.07) is 3.93. The number of aromatic nitrogens is 1. The van der Waals surface area contributed by atoms with Crippen LogP contribution in [0.3, 0.4) is 0 Å². The van der Waals surface area contributed by atoms with Crippen molar-refractivity contribution in [3.8, 4) is 5.88 Å². The molecule has 2 rings (SSSR count). The van der Waals surface area contributed by atoms with Crippen LogP contribution in [0.4, 0.5) is 0 Å². The van der Waals surface area contributed by atoms with Crippen molar-refractivity contribution < 1.29 is 9.47 Å². The molecule has 25 heavy (non-hydrogen) atoms. The van der Waals surface area contributed by atoms with E-state index in [9.17, 15) is 0 Å². The van der Waals surface area contributed by atoms with E-state index in [0.29, 0.717) is 17.8 Å². The maximum Gasteiger partial charge on any atom is 0.213 e. The highest BCUT2D eigenvalue weighted by Gasteiger charge is 2.36. The van der Waals surface area contributed by atoms with Crippen LogP contribution in [0.1, 0.15) is 45.1 Å². The van der Waals surface area contributed by atoms with Gasteiger partial charge in [0.05, 0.1) is 6.10 Å². The fourth-order valence-corrected chi connectivity index (χ4v) is 3.01. The normalized spacial score (nSPS) is 16.4. The number of methoxy groups -OCH3 is 1. The Kier molecular flexibility index (Phi) is 7.50. The van der Waals surface area contributed by atoms with Gasteiger partial charge in [-0.05, 0) is 44.1 Å². The Bertz CT molecular complexity index is 539. The molecule has 1 aromatic rings. The number of hydrogen-bond donors (Lipinski definition) is 2. The standard InChI is InChI=1S/C19H32N4O2/c1-15(2)25-17-7-6-16(12-21-17)13-22-18(20-3)23-14-19(8-5-9-19)10-11-24-4/h6-7,12,15H,5,8-11,13-14H2,1-4H3,(H2,20,22,23). The largest absolute Gasteiger partial charge is 0.475 e. The van der Waals surface area contributed by atoms with Crippen molar-refractivity contribution in [3.05, 3.63) is 23.9 Å². The SMILES string of the molecule is CN=C(NCc1ccc(OC(C)C)nc1)NCC1(CCOC)CCC1. The highest BCUT2D eigenvalue weighted by Crippen LogP contribution is 2.43. The molecule has 0 bridgehead atoms. The third-order valence-corrected chi connectivity index (χ3v) is 4.72. The second-order valence-electron chi connectivity index (χ2n) is 7.05. The van der Waals surface area contributed by atoms with Crippen LogP contribution in [0.5, 0.6) is 5.88 Å². The highest BCUT2D eigenvalue weighted by atomic mass is 16.5. The minimum atomic E-state index is 0.136. The van der Waals surface area contributed by atoms with E-state index in [1.807, 2.05) is 32.2 Å². The van der Waals surface area contributed by atoms with Crippen molar-refractivity contribution in [2.45, 2.75) is 52.2 Å². The van der Waals surface area contributed by atoms with Gasteiger partial charge in [-0.25, -0.2) is 4.98 Å². The fraction of sp³-hybridized carbons (Fsp3) is 0.684. The van der Waals surface area contributed by atoms with Crippen molar-refractivity contribution in [1.82, 2.24) is 15.6 Å². The van der Waals surface area contributed by atoms with Gasteiger partial charge < -0.3 is 20.1 Å². The maximum atomic E-state index is 5.57. The highest BCUT2D eigenvalue weighted by molar-refractivity contribution is 5.79. The Morgan fingerprint density at radius 1 is 1.32 bits per heavy atom. The minimum absolute atomic E-state index is 0.136. The predicted octanol–water partition coefficient (Wildman–Crippen LogP) is 2.74. The monoisotopic (exact) mass is 348 g/mol. The van der Waals surface area contributed by atoms with Gasteiger partial charge in [0, 0.05) is 46.1 Å². The van der Waals surface area contributed by atoms with Crippen molar-refractivity contribution in [2.75, 3.05) is 27.3 Å². The molecule has 2 N–H and O–H groups in total. The summed E-state index contributed by atoms with van der Waals surface area (Å²) in [7, 11) is 3.57. The predicted molar refractivity (Wildman–Crippen MR) is 101 cm³/mol. The lowest BCUT2D eigenvalue weighted by Gasteiger charge is -2.42. The van der Waals surface area contributed by atoms with E-state index in [1.165, 1.54) is 19.3 Å². The van der Waals surface area contributed by atoms with Crippen molar-refractivity contribution >= 4 is 5.96 Å². The molecule has 6 nitrogen and oxygen atoms in total. The van der Waals surface area contributed by atoms with Gasteiger partial charge in [-0.3, -0.25) is 4.99 Å². The summed E-state index contributed by atoms with van der Waals surface area (Å²) in [5, 5.41) is 6.82. The number of pyridine rings is 1. The number of aliphatic imine (C=N–C) groups is 1. The van der Waals surface area contributed by atoms with E-state index < -0.39 is 0 Å². The smallest absolute Gasteiger partial charge is 0.213 e. The second-order valence-corrected chi connectivity index (χ2v) is 7.05. The van der Waals surface area contributed by atoms with E-state index in [1.54, 1.807) is 14.2 Å². The van der Waals surface area contributed by atoms with Crippen molar-refractivity contribution in [1.29, 1.82) is 0 Å².